The van der Waals surface area contributed by atoms with E-state index in [-0.39, 0.29) is 17.7 Å². The van der Waals surface area contributed by atoms with Gasteiger partial charge in [-0.15, -0.1) is 10.2 Å². The Hall–Kier alpha value is -5.63. The second-order valence-electron chi connectivity index (χ2n) is 21.5. The van der Waals surface area contributed by atoms with E-state index in [9.17, 15) is 14.4 Å². The van der Waals surface area contributed by atoms with Crippen molar-refractivity contribution in [2.24, 2.45) is 0 Å². The molecule has 3 amide bonds. The van der Waals surface area contributed by atoms with E-state index in [1.54, 1.807) is 0 Å². The number of hydrogen-bond donors (Lipinski definition) is 6. The fourth-order valence-electron chi connectivity index (χ4n) is 11.0. The number of carbonyl (C=O) groups excluding carboxylic acids is 3. The van der Waals surface area contributed by atoms with Crippen molar-refractivity contribution in [1.82, 2.24) is 71.3 Å². The molecule has 3 aromatic carbocycles. The lowest BCUT2D eigenvalue weighted by Crippen LogP contribution is -2.40. The van der Waals surface area contributed by atoms with Crippen molar-refractivity contribution in [1.29, 1.82) is 0 Å². The van der Waals surface area contributed by atoms with E-state index in [0.29, 0.717) is 42.9 Å². The van der Waals surface area contributed by atoms with Crippen LogP contribution in [0.1, 0.15) is 163 Å². The van der Waals surface area contributed by atoms with E-state index >= 15 is 0 Å². The average molecular weight is 1060 g/mol. The van der Waals surface area contributed by atoms with Gasteiger partial charge < -0.3 is 31.9 Å². The molecule has 8 rings (SSSR count). The largest absolute Gasteiger partial charge is 0.385 e. The summed E-state index contributed by atoms with van der Waals surface area (Å²) in [6.45, 7) is 18.9. The highest BCUT2D eigenvalue weighted by molar-refractivity contribution is 6.26. The molecule has 77 heavy (non-hydrogen) atoms. The van der Waals surface area contributed by atoms with E-state index in [0.717, 1.165) is 221 Å². The van der Waals surface area contributed by atoms with Crippen LogP contribution in [0.5, 0.6) is 0 Å². The number of imide groups is 1. The molecule has 418 valence electrons. The number of hydrogen-bond acceptors (Lipinski definition) is 14. The zero-order valence-electron chi connectivity index (χ0n) is 46.3. The fourth-order valence-corrected chi connectivity index (χ4v) is 11.0. The lowest BCUT2D eigenvalue weighted by Gasteiger charge is -2.27. The quantitative estimate of drug-likeness (QED) is 0.0279. The highest BCUT2D eigenvalue weighted by atomic mass is 16.2. The first-order valence-electron chi connectivity index (χ1n) is 29.5. The SMILES string of the molecule is CCCCN1C(=O)c2cccc3c(NCCCCCCCCCCNC(=O)c4cc(Cn5cc(CN6CCCNCCCNCCC6)nn5)cc(Cn5cc(CN6CCCNCCCNCCC6)nn5)c4)ccc(c23)C1=O. The average Bonchev–Trinajstić information content (AvgIpc) is 4.14. The number of unbranched alkanes of at least 4 members (excludes halogenated alkanes) is 8. The molecule has 0 aliphatic carbocycles. The van der Waals surface area contributed by atoms with Gasteiger partial charge in [-0.1, -0.05) is 80.5 Å². The Labute approximate surface area is 457 Å². The van der Waals surface area contributed by atoms with Crippen LogP contribution in [0.3, 0.4) is 0 Å². The molecule has 2 fully saturated rings. The summed E-state index contributed by atoms with van der Waals surface area (Å²) in [5.41, 5.74) is 6.73. The van der Waals surface area contributed by atoms with Crippen molar-refractivity contribution >= 4 is 34.2 Å². The molecule has 0 spiro atoms. The Morgan fingerprint density at radius 3 is 1.58 bits per heavy atom. The predicted molar refractivity (Wildman–Crippen MR) is 306 cm³/mol. The summed E-state index contributed by atoms with van der Waals surface area (Å²) in [5, 5.41) is 41.1. The molecular weight excluding hydrogens is 967 g/mol. The molecule has 0 saturated carbocycles. The summed E-state index contributed by atoms with van der Waals surface area (Å²) in [6.07, 6.45) is 21.4. The fraction of sp³-hybridized carbons (Fsp3) is 0.610. The molecule has 18 heteroatoms. The van der Waals surface area contributed by atoms with E-state index in [2.05, 4.69) is 87.7 Å². The number of amides is 3. The van der Waals surface area contributed by atoms with E-state index < -0.39 is 0 Å². The molecule has 3 aliphatic heterocycles. The van der Waals surface area contributed by atoms with Gasteiger partial charge in [0.15, 0.2) is 0 Å². The second kappa shape index (κ2) is 31.7. The molecule has 0 radical (unpaired) electrons. The lowest BCUT2D eigenvalue weighted by molar-refractivity contribution is 0.0608. The van der Waals surface area contributed by atoms with Crippen LogP contribution in [0.4, 0.5) is 5.69 Å². The first-order valence-corrected chi connectivity index (χ1v) is 29.5. The van der Waals surface area contributed by atoms with Gasteiger partial charge in [-0.05, 0) is 178 Å². The highest BCUT2D eigenvalue weighted by Crippen LogP contribution is 2.34. The first kappa shape index (κ1) is 57.5. The van der Waals surface area contributed by atoms with Crippen molar-refractivity contribution in [2.45, 2.75) is 136 Å². The zero-order valence-corrected chi connectivity index (χ0v) is 46.3. The van der Waals surface area contributed by atoms with Crippen LogP contribution in [-0.4, -0.2) is 161 Å². The van der Waals surface area contributed by atoms with Crippen molar-refractivity contribution in [2.75, 3.05) is 103 Å². The molecule has 5 heterocycles. The minimum absolute atomic E-state index is 0.0672. The number of anilines is 1. The summed E-state index contributed by atoms with van der Waals surface area (Å²) >= 11 is 0. The van der Waals surface area contributed by atoms with E-state index in [1.165, 1.54) is 24.2 Å². The Kier molecular flexibility index (Phi) is 23.7. The molecule has 3 aliphatic rings. The summed E-state index contributed by atoms with van der Waals surface area (Å²) in [5.74, 6) is -0.446. The number of nitrogens with zero attached hydrogens (tertiary/aromatic N) is 9. The summed E-state index contributed by atoms with van der Waals surface area (Å²) in [6, 6.07) is 15.8. The minimum Gasteiger partial charge on any atom is -0.385 e. The van der Waals surface area contributed by atoms with Crippen molar-refractivity contribution in [3.05, 3.63) is 100 Å². The van der Waals surface area contributed by atoms with Crippen molar-refractivity contribution < 1.29 is 14.4 Å². The maximum atomic E-state index is 13.9. The van der Waals surface area contributed by atoms with Gasteiger partial charge in [0.1, 0.15) is 0 Å². The van der Waals surface area contributed by atoms with Gasteiger partial charge in [0.05, 0.1) is 36.9 Å². The molecule has 0 unspecified atom stereocenters. The molecule has 6 N–H and O–H groups in total. The van der Waals surface area contributed by atoms with Crippen LogP contribution in [-0.2, 0) is 26.2 Å². The van der Waals surface area contributed by atoms with Gasteiger partial charge in [-0.25, -0.2) is 9.36 Å². The third-order valence-electron chi connectivity index (χ3n) is 15.1. The monoisotopic (exact) mass is 1060 g/mol. The third-order valence-corrected chi connectivity index (χ3v) is 15.1. The molecule has 0 atom stereocenters. The second-order valence-corrected chi connectivity index (χ2v) is 21.5. The number of nitrogens with one attached hydrogen (secondary N) is 6. The van der Waals surface area contributed by atoms with Gasteiger partial charge in [0.2, 0.25) is 0 Å². The van der Waals surface area contributed by atoms with Crippen LogP contribution in [0, 0.1) is 0 Å². The molecule has 2 saturated heterocycles. The van der Waals surface area contributed by atoms with Gasteiger partial charge in [-0.2, -0.15) is 0 Å². The maximum Gasteiger partial charge on any atom is 0.261 e. The summed E-state index contributed by atoms with van der Waals surface area (Å²) < 4.78 is 3.80. The lowest BCUT2D eigenvalue weighted by atomic mass is 9.93. The van der Waals surface area contributed by atoms with Crippen molar-refractivity contribution in [3.8, 4) is 0 Å². The van der Waals surface area contributed by atoms with Gasteiger partial charge >= 0.3 is 0 Å². The molecular formula is C59H89N15O3. The normalized spacial score (nSPS) is 17.1. The molecule has 5 aromatic rings. The van der Waals surface area contributed by atoms with Crippen LogP contribution in [0.2, 0.25) is 0 Å². The summed E-state index contributed by atoms with van der Waals surface area (Å²) in [7, 11) is 0. The topological polar surface area (TPSA) is 195 Å². The summed E-state index contributed by atoms with van der Waals surface area (Å²) in [4.78, 5) is 46.8. The zero-order chi connectivity index (χ0) is 53.3. The van der Waals surface area contributed by atoms with Crippen LogP contribution in [0.25, 0.3) is 10.8 Å². The van der Waals surface area contributed by atoms with Gasteiger partial charge in [0, 0.05) is 65.9 Å². The highest BCUT2D eigenvalue weighted by Gasteiger charge is 2.33. The standard InChI is InChI=1S/C59H89N15O3/c1-2-3-37-74-58(76)53-20-12-19-52-55(22-21-54(56(52)53)59(74)77)64-31-10-8-6-4-5-7-9-11-32-65-57(75)49-39-47(41-72-45-50(66-68-72)43-70-33-15-27-60-23-13-24-61-28-16-34-70)38-48(40-49)42-73-46-51(67-69-73)44-71-35-17-29-62-25-14-26-63-30-18-36-71/h12,19-22,38-40,45-46,60-64H,2-11,13-18,23-37,41-44H2,1H3,(H,65,75). The molecule has 0 bridgehead atoms. The van der Waals surface area contributed by atoms with E-state index in [1.807, 2.05) is 51.8 Å². The Balaban J connectivity index is 0.797. The Bertz CT molecular complexity index is 2460. The number of aromatic nitrogens is 6. The van der Waals surface area contributed by atoms with Crippen molar-refractivity contribution in [3.63, 3.8) is 0 Å². The smallest absolute Gasteiger partial charge is 0.261 e. The molecule has 18 nitrogen and oxygen atoms in total. The predicted octanol–water partition coefficient (Wildman–Crippen LogP) is 6.81. The van der Waals surface area contributed by atoms with Crippen LogP contribution in [0.15, 0.2) is 60.9 Å². The maximum absolute atomic E-state index is 13.9. The van der Waals surface area contributed by atoms with E-state index in [4.69, 9.17) is 0 Å². The third kappa shape index (κ3) is 18.2. The first-order chi connectivity index (χ1) is 37.9. The Morgan fingerprint density at radius 2 is 1.05 bits per heavy atom. The Morgan fingerprint density at radius 1 is 0.558 bits per heavy atom. The number of carbonyl (C=O) groups is 3. The number of benzene rings is 3. The van der Waals surface area contributed by atoms with Gasteiger partial charge in [0.25, 0.3) is 17.7 Å². The van der Waals surface area contributed by atoms with Gasteiger partial charge in [-0.3, -0.25) is 29.1 Å². The van der Waals surface area contributed by atoms with Crippen LogP contribution >= 0.6 is 0 Å². The minimum atomic E-state index is -0.190. The van der Waals surface area contributed by atoms with Crippen LogP contribution < -0.4 is 31.9 Å². The molecule has 2 aromatic heterocycles. The number of rotatable bonds is 24.